The lowest BCUT2D eigenvalue weighted by molar-refractivity contribution is -0.111. The van der Waals surface area contributed by atoms with E-state index in [0.29, 0.717) is 28.8 Å². The summed E-state index contributed by atoms with van der Waals surface area (Å²) in [7, 11) is 0. The molecule has 2 N–H and O–H groups in total. The van der Waals surface area contributed by atoms with Crippen molar-refractivity contribution in [2.24, 2.45) is 0 Å². The fraction of sp³-hybridized carbons (Fsp3) is 0.0833. The maximum Gasteiger partial charge on any atom is 0.300 e. The summed E-state index contributed by atoms with van der Waals surface area (Å²) in [6.45, 7) is 3.55. The van der Waals surface area contributed by atoms with Gasteiger partial charge in [0.25, 0.3) is 5.91 Å². The van der Waals surface area contributed by atoms with Crippen molar-refractivity contribution in [3.05, 3.63) is 67.0 Å². The van der Waals surface area contributed by atoms with Crippen LogP contribution in [0.15, 0.2) is 61.4 Å². The smallest absolute Gasteiger partial charge is 0.300 e. The number of amides is 1. The van der Waals surface area contributed by atoms with Gasteiger partial charge in [-0.25, -0.2) is 24.5 Å². The van der Waals surface area contributed by atoms with Gasteiger partial charge in [0.2, 0.25) is 5.88 Å². The number of carbonyl (C=O) groups is 1. The molecule has 0 aliphatic heterocycles. The zero-order valence-electron chi connectivity index (χ0n) is 18.3. The number of nitrogens with one attached hydrogen (secondary N) is 2. The van der Waals surface area contributed by atoms with Gasteiger partial charge in [-0.15, -0.1) is 0 Å². The van der Waals surface area contributed by atoms with E-state index in [1.807, 2.05) is 37.3 Å². The predicted molar refractivity (Wildman–Crippen MR) is 127 cm³/mol. The van der Waals surface area contributed by atoms with Crippen LogP contribution in [0.4, 0.5) is 17.2 Å². The molecule has 10 heteroatoms. The van der Waals surface area contributed by atoms with Crippen LogP contribution in [0.25, 0.3) is 16.6 Å². The van der Waals surface area contributed by atoms with Crippen LogP contribution >= 0.6 is 0 Å². The van der Waals surface area contributed by atoms with Crippen molar-refractivity contribution in [1.82, 2.24) is 29.5 Å². The number of hydrogen-bond donors (Lipinski definition) is 2. The molecule has 0 aliphatic rings. The van der Waals surface area contributed by atoms with Crippen LogP contribution < -0.4 is 15.4 Å². The number of hydrogen-bond acceptors (Lipinski definition) is 8. The SMILES string of the molecule is CC#CC(=O)Nc1ccc2ncnc(Nc3ccc(Oc4cc5ncnn5cn4)c(C)c3)c2c1. The Morgan fingerprint density at radius 3 is 2.74 bits per heavy atom. The first-order valence-corrected chi connectivity index (χ1v) is 10.3. The Kier molecular flexibility index (Phi) is 5.42. The van der Waals surface area contributed by atoms with E-state index in [2.05, 4.69) is 47.5 Å². The van der Waals surface area contributed by atoms with E-state index in [0.717, 1.165) is 22.2 Å². The van der Waals surface area contributed by atoms with Crippen molar-refractivity contribution in [1.29, 1.82) is 0 Å². The number of nitrogens with zero attached hydrogens (tertiary/aromatic N) is 6. The number of fused-ring (bicyclic) bond motifs is 2. The van der Waals surface area contributed by atoms with E-state index in [9.17, 15) is 4.79 Å². The normalized spacial score (nSPS) is 10.5. The van der Waals surface area contributed by atoms with Gasteiger partial charge < -0.3 is 15.4 Å². The molecule has 2 aromatic carbocycles. The van der Waals surface area contributed by atoms with E-state index >= 15 is 0 Å². The van der Waals surface area contributed by atoms with Crippen LogP contribution in [-0.4, -0.2) is 35.5 Å². The zero-order chi connectivity index (χ0) is 23.5. The van der Waals surface area contributed by atoms with Crippen molar-refractivity contribution < 1.29 is 9.53 Å². The number of rotatable bonds is 5. The van der Waals surface area contributed by atoms with Crippen LogP contribution in [0.2, 0.25) is 0 Å². The highest BCUT2D eigenvalue weighted by atomic mass is 16.5. The molecule has 1 amide bonds. The molecule has 0 bridgehead atoms. The van der Waals surface area contributed by atoms with Crippen LogP contribution in [0.1, 0.15) is 12.5 Å². The molecule has 0 saturated carbocycles. The Balaban J connectivity index is 1.39. The third-order valence-corrected chi connectivity index (χ3v) is 4.93. The summed E-state index contributed by atoms with van der Waals surface area (Å²) in [6, 6.07) is 12.8. The van der Waals surface area contributed by atoms with E-state index < -0.39 is 0 Å². The van der Waals surface area contributed by atoms with Crippen molar-refractivity contribution in [3.63, 3.8) is 0 Å². The maximum atomic E-state index is 11.8. The van der Waals surface area contributed by atoms with Gasteiger partial charge in [0.15, 0.2) is 5.65 Å². The molecule has 0 fully saturated rings. The fourth-order valence-corrected chi connectivity index (χ4v) is 3.37. The molecule has 0 aliphatic carbocycles. The second kappa shape index (κ2) is 8.84. The van der Waals surface area contributed by atoms with Crippen molar-refractivity contribution >= 4 is 39.6 Å². The van der Waals surface area contributed by atoms with Crippen molar-refractivity contribution in [2.75, 3.05) is 10.6 Å². The molecular weight excluding hydrogens is 432 g/mol. The van der Waals surface area contributed by atoms with Crippen LogP contribution in [-0.2, 0) is 4.79 Å². The van der Waals surface area contributed by atoms with Gasteiger partial charge in [-0.1, -0.05) is 5.92 Å². The highest BCUT2D eigenvalue weighted by Gasteiger charge is 2.10. The molecule has 0 spiro atoms. The number of ether oxygens (including phenoxy) is 1. The summed E-state index contributed by atoms with van der Waals surface area (Å²) in [4.78, 5) is 28.9. The van der Waals surface area contributed by atoms with Gasteiger partial charge in [-0.05, 0) is 61.7 Å². The summed E-state index contributed by atoms with van der Waals surface area (Å²) in [6.07, 6.45) is 4.50. The second-order valence-electron chi connectivity index (χ2n) is 7.28. The molecule has 5 aromatic rings. The number of anilines is 3. The quantitative estimate of drug-likeness (QED) is 0.387. The predicted octanol–water partition coefficient (Wildman–Crippen LogP) is 3.87. The Morgan fingerprint density at radius 1 is 1.00 bits per heavy atom. The lowest BCUT2D eigenvalue weighted by Crippen LogP contribution is -2.08. The van der Waals surface area contributed by atoms with Crippen molar-refractivity contribution in [2.45, 2.75) is 13.8 Å². The average molecular weight is 450 g/mol. The third kappa shape index (κ3) is 4.31. The highest BCUT2D eigenvalue weighted by molar-refractivity contribution is 6.05. The van der Waals surface area contributed by atoms with E-state index in [1.54, 1.807) is 29.9 Å². The summed E-state index contributed by atoms with van der Waals surface area (Å²) < 4.78 is 7.50. The lowest BCUT2D eigenvalue weighted by Gasteiger charge is -2.12. The minimum absolute atomic E-state index is 0.378. The van der Waals surface area contributed by atoms with E-state index in [1.165, 1.54) is 12.7 Å². The van der Waals surface area contributed by atoms with Gasteiger partial charge in [0.1, 0.15) is 30.5 Å². The first-order chi connectivity index (χ1) is 16.6. The molecule has 34 heavy (non-hydrogen) atoms. The fourth-order valence-electron chi connectivity index (χ4n) is 3.37. The maximum absolute atomic E-state index is 11.8. The number of benzene rings is 2. The first kappa shape index (κ1) is 20.8. The number of aromatic nitrogens is 6. The Morgan fingerprint density at radius 2 is 1.88 bits per heavy atom. The van der Waals surface area contributed by atoms with Crippen LogP contribution in [0, 0.1) is 18.8 Å². The lowest BCUT2D eigenvalue weighted by atomic mass is 10.1. The minimum atomic E-state index is -0.378. The van der Waals surface area contributed by atoms with Gasteiger partial charge in [-0.3, -0.25) is 4.79 Å². The highest BCUT2D eigenvalue weighted by Crippen LogP contribution is 2.30. The summed E-state index contributed by atoms with van der Waals surface area (Å²) in [5.74, 6) is 6.36. The molecule has 5 rings (SSSR count). The number of aryl methyl sites for hydroxylation is 1. The average Bonchev–Trinajstić information content (AvgIpc) is 3.29. The molecule has 0 atom stereocenters. The Labute approximate surface area is 194 Å². The molecule has 3 heterocycles. The monoisotopic (exact) mass is 450 g/mol. The number of carbonyl (C=O) groups excluding carboxylic acids is 1. The standard InChI is InChI=1S/C24H18N8O2/c1-3-4-22(33)30-17-5-7-19-18(10-17)24(27-12-25-19)31-16-6-8-20(15(2)9-16)34-23-11-21-26-13-29-32(21)14-28-23/h5-14H,1-2H3,(H,30,33)(H,25,27,31). The molecule has 0 saturated heterocycles. The molecule has 0 radical (unpaired) electrons. The molecular formula is C24H18N8O2. The van der Waals surface area contributed by atoms with E-state index in [-0.39, 0.29) is 5.91 Å². The van der Waals surface area contributed by atoms with Gasteiger partial charge in [0.05, 0.1) is 5.52 Å². The molecule has 0 unspecified atom stereocenters. The molecule has 3 aromatic heterocycles. The van der Waals surface area contributed by atoms with Crippen LogP contribution in [0.5, 0.6) is 11.6 Å². The summed E-state index contributed by atoms with van der Waals surface area (Å²) in [5.41, 5.74) is 3.71. The summed E-state index contributed by atoms with van der Waals surface area (Å²) in [5, 5.41) is 10.9. The van der Waals surface area contributed by atoms with E-state index in [4.69, 9.17) is 4.74 Å². The van der Waals surface area contributed by atoms with Crippen LogP contribution in [0.3, 0.4) is 0 Å². The van der Waals surface area contributed by atoms with Crippen molar-refractivity contribution in [3.8, 4) is 23.5 Å². The second-order valence-corrected chi connectivity index (χ2v) is 7.28. The topological polar surface area (TPSA) is 119 Å². The largest absolute Gasteiger partial charge is 0.439 e. The first-order valence-electron chi connectivity index (χ1n) is 10.3. The Hall–Kier alpha value is -5.04. The van der Waals surface area contributed by atoms with Gasteiger partial charge >= 0.3 is 0 Å². The minimum Gasteiger partial charge on any atom is -0.439 e. The zero-order valence-corrected chi connectivity index (χ0v) is 18.3. The molecule has 10 nitrogen and oxygen atoms in total. The summed E-state index contributed by atoms with van der Waals surface area (Å²) >= 11 is 0. The molecule has 166 valence electrons. The Bertz CT molecular complexity index is 1600. The third-order valence-electron chi connectivity index (χ3n) is 4.93. The van der Waals surface area contributed by atoms with Gasteiger partial charge in [0, 0.05) is 22.8 Å². The van der Waals surface area contributed by atoms with Gasteiger partial charge in [-0.2, -0.15) is 5.10 Å².